The van der Waals surface area contributed by atoms with E-state index in [0.717, 1.165) is 19.0 Å². The van der Waals surface area contributed by atoms with Gasteiger partial charge in [0.15, 0.2) is 0 Å². The molecule has 1 heterocycles. The highest BCUT2D eigenvalue weighted by Crippen LogP contribution is 2.38. The van der Waals surface area contributed by atoms with Gasteiger partial charge in [0.1, 0.15) is 6.54 Å². The van der Waals surface area contributed by atoms with E-state index < -0.39 is 28.2 Å². The lowest BCUT2D eigenvalue weighted by molar-refractivity contribution is -0.142. The number of hydrogen-bond acceptors (Lipinski definition) is 4. The fraction of sp³-hybridized carbons (Fsp3) is 0.692. The van der Waals surface area contributed by atoms with Gasteiger partial charge in [0, 0.05) is 18.3 Å². The Balaban J connectivity index is 1.93. The Morgan fingerprint density at radius 2 is 2.04 bits per heavy atom. The average molecular weight is 350 g/mol. The molecule has 128 valence electrons. The Hall–Kier alpha value is -1.60. The van der Waals surface area contributed by atoms with Crippen molar-refractivity contribution in [3.63, 3.8) is 0 Å². The number of hydrogen-bond donors (Lipinski definition) is 1. The summed E-state index contributed by atoms with van der Waals surface area (Å²) in [5, 5.41) is 12.8. The van der Waals surface area contributed by atoms with Crippen LogP contribution >= 0.6 is 0 Å². The zero-order valence-corrected chi connectivity index (χ0v) is 13.1. The van der Waals surface area contributed by atoms with Crippen LogP contribution in [0.1, 0.15) is 31.2 Å². The third-order valence-corrected chi connectivity index (χ3v) is 5.31. The molecule has 1 aromatic heterocycles. The molecular weight excluding hydrogens is 333 g/mol. The van der Waals surface area contributed by atoms with Gasteiger partial charge in [-0.05, 0) is 12.8 Å². The first-order valence-electron chi connectivity index (χ1n) is 7.10. The van der Waals surface area contributed by atoms with E-state index in [1.807, 2.05) is 0 Å². The standard InChI is InChI=1S/C13H17F3N4O2S/c14-13(15,16)9-20-7-11(5-18-20)6-19-23(21,22)10-12(8-17)3-1-2-4-12/h5,7,19H,1-4,6,9-10H2. The summed E-state index contributed by atoms with van der Waals surface area (Å²) < 4.78 is 63.9. The second kappa shape index (κ2) is 6.49. The Morgan fingerprint density at radius 3 is 2.61 bits per heavy atom. The summed E-state index contributed by atoms with van der Waals surface area (Å²) in [7, 11) is -3.69. The molecule has 0 aliphatic heterocycles. The maximum Gasteiger partial charge on any atom is 0.408 e. The molecule has 0 unspecified atom stereocenters. The molecule has 0 aromatic carbocycles. The van der Waals surface area contributed by atoms with Crippen LogP contribution in [0.3, 0.4) is 0 Å². The van der Waals surface area contributed by atoms with Gasteiger partial charge in [-0.25, -0.2) is 13.1 Å². The Labute approximate surface area is 132 Å². The summed E-state index contributed by atoms with van der Waals surface area (Å²) in [6.07, 6.45) is 0.697. The SMILES string of the molecule is N#CC1(CS(=O)(=O)NCc2cnn(CC(F)(F)F)c2)CCCC1. The van der Waals surface area contributed by atoms with Crippen molar-refractivity contribution in [1.82, 2.24) is 14.5 Å². The first-order chi connectivity index (χ1) is 10.6. The molecule has 23 heavy (non-hydrogen) atoms. The van der Waals surface area contributed by atoms with Gasteiger partial charge in [-0.1, -0.05) is 12.8 Å². The predicted octanol–water partition coefficient (Wildman–Crippen LogP) is 1.95. The Bertz CT molecular complexity index is 685. The van der Waals surface area contributed by atoms with E-state index in [1.165, 1.54) is 6.20 Å². The number of sulfonamides is 1. The maximum absolute atomic E-state index is 12.2. The second-order valence-electron chi connectivity index (χ2n) is 5.84. The number of nitriles is 1. The van der Waals surface area contributed by atoms with Crippen molar-refractivity contribution in [3.8, 4) is 6.07 Å². The van der Waals surface area contributed by atoms with Gasteiger partial charge in [-0.15, -0.1) is 0 Å². The highest BCUT2D eigenvalue weighted by atomic mass is 32.2. The molecule has 1 aliphatic carbocycles. The first kappa shape index (κ1) is 17.7. The molecule has 1 saturated carbocycles. The lowest BCUT2D eigenvalue weighted by Gasteiger charge is -2.19. The molecule has 1 fully saturated rings. The minimum absolute atomic E-state index is 0.151. The van der Waals surface area contributed by atoms with E-state index in [9.17, 15) is 26.9 Å². The van der Waals surface area contributed by atoms with E-state index in [0.29, 0.717) is 23.1 Å². The summed E-state index contributed by atoms with van der Waals surface area (Å²) in [6, 6.07) is 2.10. The van der Waals surface area contributed by atoms with Crippen LogP contribution in [0, 0.1) is 16.7 Å². The van der Waals surface area contributed by atoms with E-state index in [1.54, 1.807) is 0 Å². The topological polar surface area (TPSA) is 87.8 Å². The molecule has 1 N–H and O–H groups in total. The molecule has 0 amide bonds. The van der Waals surface area contributed by atoms with Crippen LogP contribution in [0.25, 0.3) is 0 Å². The third-order valence-electron chi connectivity index (χ3n) is 3.79. The number of alkyl halides is 3. The van der Waals surface area contributed by atoms with Crippen LogP contribution in [0.4, 0.5) is 13.2 Å². The van der Waals surface area contributed by atoms with E-state index in [-0.39, 0.29) is 12.3 Å². The minimum Gasteiger partial charge on any atom is -0.263 e. The van der Waals surface area contributed by atoms with E-state index in [4.69, 9.17) is 0 Å². The van der Waals surface area contributed by atoms with Crippen LogP contribution in [0.5, 0.6) is 0 Å². The monoisotopic (exact) mass is 350 g/mol. The first-order valence-corrected chi connectivity index (χ1v) is 8.75. The molecule has 1 aliphatic rings. The van der Waals surface area contributed by atoms with Gasteiger partial charge in [0.05, 0.1) is 23.4 Å². The molecule has 2 rings (SSSR count). The normalized spacial score (nSPS) is 18.0. The minimum atomic E-state index is -4.38. The van der Waals surface area contributed by atoms with Gasteiger partial charge in [0.2, 0.25) is 10.0 Å². The van der Waals surface area contributed by atoms with Crippen molar-refractivity contribution in [2.24, 2.45) is 5.41 Å². The fourth-order valence-electron chi connectivity index (χ4n) is 2.72. The Kier molecular flexibility index (Phi) is 5.01. The maximum atomic E-state index is 12.2. The number of halogens is 3. The molecule has 0 bridgehead atoms. The average Bonchev–Trinajstić information content (AvgIpc) is 3.04. The zero-order chi connectivity index (χ0) is 17.1. The van der Waals surface area contributed by atoms with Crippen molar-refractivity contribution in [2.45, 2.75) is 44.9 Å². The van der Waals surface area contributed by atoms with Gasteiger partial charge in [-0.2, -0.15) is 23.5 Å². The number of nitrogens with one attached hydrogen (secondary N) is 1. The molecule has 0 saturated heterocycles. The number of nitrogens with zero attached hydrogens (tertiary/aromatic N) is 3. The van der Waals surface area contributed by atoms with Crippen LogP contribution in [0.2, 0.25) is 0 Å². The largest absolute Gasteiger partial charge is 0.408 e. The Morgan fingerprint density at radius 1 is 1.39 bits per heavy atom. The number of rotatable bonds is 6. The summed E-state index contributed by atoms with van der Waals surface area (Å²) in [6.45, 7) is -1.38. The van der Waals surface area contributed by atoms with Crippen molar-refractivity contribution in [2.75, 3.05) is 5.75 Å². The van der Waals surface area contributed by atoms with Crippen molar-refractivity contribution in [1.29, 1.82) is 5.26 Å². The van der Waals surface area contributed by atoms with Gasteiger partial charge >= 0.3 is 6.18 Å². The van der Waals surface area contributed by atoms with Gasteiger partial charge in [0.25, 0.3) is 0 Å². The van der Waals surface area contributed by atoms with Gasteiger partial charge in [-0.3, -0.25) is 4.68 Å². The molecule has 6 nitrogen and oxygen atoms in total. The van der Waals surface area contributed by atoms with Crippen LogP contribution in [-0.2, 0) is 23.1 Å². The molecule has 0 spiro atoms. The van der Waals surface area contributed by atoms with Crippen molar-refractivity contribution >= 4 is 10.0 Å². The smallest absolute Gasteiger partial charge is 0.263 e. The van der Waals surface area contributed by atoms with Crippen molar-refractivity contribution < 1.29 is 21.6 Å². The quantitative estimate of drug-likeness (QED) is 0.849. The third kappa shape index (κ3) is 5.21. The van der Waals surface area contributed by atoms with Crippen LogP contribution in [0.15, 0.2) is 12.4 Å². The number of aromatic nitrogens is 2. The molecular formula is C13H17F3N4O2S. The molecule has 0 radical (unpaired) electrons. The highest BCUT2D eigenvalue weighted by molar-refractivity contribution is 7.89. The lowest BCUT2D eigenvalue weighted by atomic mass is 9.91. The lowest BCUT2D eigenvalue weighted by Crippen LogP contribution is -2.34. The van der Waals surface area contributed by atoms with Crippen LogP contribution in [-0.4, -0.2) is 30.1 Å². The van der Waals surface area contributed by atoms with E-state index >= 15 is 0 Å². The molecule has 10 heteroatoms. The summed E-state index contributed by atoms with van der Waals surface area (Å²) in [4.78, 5) is 0. The summed E-state index contributed by atoms with van der Waals surface area (Å²) in [5.74, 6) is -0.285. The van der Waals surface area contributed by atoms with Crippen molar-refractivity contribution in [3.05, 3.63) is 18.0 Å². The summed E-state index contributed by atoms with van der Waals surface area (Å²) >= 11 is 0. The summed E-state index contributed by atoms with van der Waals surface area (Å²) in [5.41, 5.74) is -0.526. The predicted molar refractivity (Wildman–Crippen MR) is 75.4 cm³/mol. The zero-order valence-electron chi connectivity index (χ0n) is 12.3. The van der Waals surface area contributed by atoms with E-state index in [2.05, 4.69) is 15.9 Å². The van der Waals surface area contributed by atoms with Gasteiger partial charge < -0.3 is 0 Å². The van der Waals surface area contributed by atoms with Crippen LogP contribution < -0.4 is 4.72 Å². The highest BCUT2D eigenvalue weighted by Gasteiger charge is 2.38. The second-order valence-corrected chi connectivity index (χ2v) is 7.65. The molecule has 1 aromatic rings. The fourth-order valence-corrected chi connectivity index (χ4v) is 4.29. The molecule has 0 atom stereocenters.